The van der Waals surface area contributed by atoms with Gasteiger partial charge in [0.1, 0.15) is 11.5 Å². The summed E-state index contributed by atoms with van der Waals surface area (Å²) in [5, 5.41) is 4.47. The van der Waals surface area contributed by atoms with E-state index in [4.69, 9.17) is 10.2 Å². The zero-order valence-electron chi connectivity index (χ0n) is 11.6. The molecule has 0 aliphatic rings. The third-order valence-electron chi connectivity index (χ3n) is 3.51. The molecule has 0 fully saturated rings. The normalized spacial score (nSPS) is 12.2. The first-order chi connectivity index (χ1) is 10.2. The van der Waals surface area contributed by atoms with Gasteiger partial charge in [0.2, 0.25) is 0 Å². The number of aromatic nitrogens is 2. The number of aldehydes is 1. The fraction of sp³-hybridized carbons (Fsp3) is 0.125. The van der Waals surface area contributed by atoms with Gasteiger partial charge in [0.15, 0.2) is 12.0 Å². The summed E-state index contributed by atoms with van der Waals surface area (Å²) in [6.45, 7) is 1.99. The molecule has 106 valence electrons. The van der Waals surface area contributed by atoms with Crippen molar-refractivity contribution in [2.24, 2.45) is 0 Å². The third kappa shape index (κ3) is 2.23. The topological polar surface area (TPSA) is 74.0 Å². The molecule has 0 spiro atoms. The summed E-state index contributed by atoms with van der Waals surface area (Å²) in [6.07, 6.45) is 2.26. The second-order valence-corrected chi connectivity index (χ2v) is 4.77. The standard InChI is InChI=1S/C16H15N3O2/c1-11(12-6-3-2-4-7-12)19-16(17)13(10-20)15(18-19)14-8-5-9-21-14/h2-11H,17H2,1H3. The van der Waals surface area contributed by atoms with E-state index in [9.17, 15) is 4.79 Å². The maximum absolute atomic E-state index is 11.3. The molecule has 0 aliphatic carbocycles. The van der Waals surface area contributed by atoms with Crippen molar-refractivity contribution in [2.75, 3.05) is 5.73 Å². The number of carbonyl (C=O) groups is 1. The van der Waals surface area contributed by atoms with Crippen molar-refractivity contribution in [1.29, 1.82) is 0 Å². The summed E-state index contributed by atoms with van der Waals surface area (Å²) >= 11 is 0. The van der Waals surface area contributed by atoms with Crippen molar-refractivity contribution in [1.82, 2.24) is 9.78 Å². The Kier molecular flexibility index (Phi) is 3.31. The van der Waals surface area contributed by atoms with Crippen molar-refractivity contribution in [2.45, 2.75) is 13.0 Å². The van der Waals surface area contributed by atoms with Crippen LogP contribution in [0.25, 0.3) is 11.5 Å². The first-order valence-electron chi connectivity index (χ1n) is 6.64. The van der Waals surface area contributed by atoms with Crippen molar-refractivity contribution in [3.63, 3.8) is 0 Å². The average Bonchev–Trinajstić information content (AvgIpc) is 3.15. The fourth-order valence-corrected chi connectivity index (χ4v) is 2.34. The minimum atomic E-state index is -0.0754. The number of nitrogen functional groups attached to an aromatic ring is 1. The fourth-order valence-electron chi connectivity index (χ4n) is 2.34. The lowest BCUT2D eigenvalue weighted by atomic mass is 10.1. The highest BCUT2D eigenvalue weighted by molar-refractivity contribution is 5.90. The first-order valence-corrected chi connectivity index (χ1v) is 6.64. The summed E-state index contributed by atoms with van der Waals surface area (Å²) in [5.41, 5.74) is 7.97. The highest BCUT2D eigenvalue weighted by atomic mass is 16.3. The summed E-state index contributed by atoms with van der Waals surface area (Å²) in [5.74, 6) is 0.871. The molecule has 0 aliphatic heterocycles. The molecular weight excluding hydrogens is 266 g/mol. The lowest BCUT2D eigenvalue weighted by Crippen LogP contribution is -2.11. The molecule has 1 unspecified atom stereocenters. The van der Waals surface area contributed by atoms with Crippen LogP contribution in [0.5, 0.6) is 0 Å². The molecule has 2 N–H and O–H groups in total. The minimum Gasteiger partial charge on any atom is -0.463 e. The second kappa shape index (κ2) is 5.28. The van der Waals surface area contributed by atoms with E-state index in [0.29, 0.717) is 29.1 Å². The Morgan fingerprint density at radius 2 is 2.00 bits per heavy atom. The number of furan rings is 1. The van der Waals surface area contributed by atoms with Crippen LogP contribution in [-0.2, 0) is 0 Å². The van der Waals surface area contributed by atoms with Gasteiger partial charge in [-0.1, -0.05) is 30.3 Å². The number of nitrogens with zero attached hydrogens (tertiary/aromatic N) is 2. The highest BCUT2D eigenvalue weighted by Crippen LogP contribution is 2.30. The number of carbonyl (C=O) groups excluding carboxylic acids is 1. The monoisotopic (exact) mass is 281 g/mol. The van der Waals surface area contributed by atoms with Crippen molar-refractivity contribution in [3.05, 3.63) is 59.9 Å². The molecule has 21 heavy (non-hydrogen) atoms. The smallest absolute Gasteiger partial charge is 0.156 e. The number of hydrogen-bond acceptors (Lipinski definition) is 4. The Morgan fingerprint density at radius 3 is 2.62 bits per heavy atom. The van der Waals surface area contributed by atoms with Gasteiger partial charge < -0.3 is 10.2 Å². The largest absolute Gasteiger partial charge is 0.463 e. The molecule has 2 aromatic heterocycles. The Morgan fingerprint density at radius 1 is 1.24 bits per heavy atom. The molecule has 0 bridgehead atoms. The Hall–Kier alpha value is -2.82. The number of benzene rings is 1. The van der Waals surface area contributed by atoms with E-state index < -0.39 is 0 Å². The van der Waals surface area contributed by atoms with Gasteiger partial charge >= 0.3 is 0 Å². The predicted molar refractivity (Wildman–Crippen MR) is 80.0 cm³/mol. The van der Waals surface area contributed by atoms with Crippen LogP contribution in [0.4, 0.5) is 5.82 Å². The summed E-state index contributed by atoms with van der Waals surface area (Å²) < 4.78 is 6.98. The van der Waals surface area contributed by atoms with Gasteiger partial charge in [0.25, 0.3) is 0 Å². The average molecular weight is 281 g/mol. The number of rotatable bonds is 4. The quantitative estimate of drug-likeness (QED) is 0.745. The Balaban J connectivity index is 2.10. The molecular formula is C16H15N3O2. The van der Waals surface area contributed by atoms with Crippen LogP contribution in [0.2, 0.25) is 0 Å². The molecule has 0 radical (unpaired) electrons. The maximum atomic E-state index is 11.3. The lowest BCUT2D eigenvalue weighted by Gasteiger charge is -2.14. The van der Waals surface area contributed by atoms with Gasteiger partial charge in [-0.3, -0.25) is 4.79 Å². The van der Waals surface area contributed by atoms with Crippen LogP contribution in [0, 0.1) is 0 Å². The lowest BCUT2D eigenvalue weighted by molar-refractivity contribution is 0.112. The van der Waals surface area contributed by atoms with Crippen LogP contribution in [0.1, 0.15) is 28.9 Å². The number of nitrogens with two attached hydrogens (primary N) is 1. The molecule has 2 heterocycles. The SMILES string of the molecule is CC(c1ccccc1)n1nc(-c2ccco2)c(C=O)c1N. The molecule has 3 rings (SSSR count). The molecule has 3 aromatic rings. The van der Waals surface area contributed by atoms with Crippen molar-refractivity contribution < 1.29 is 9.21 Å². The first kappa shape index (κ1) is 13.2. The van der Waals surface area contributed by atoms with Crippen molar-refractivity contribution >= 4 is 12.1 Å². The molecule has 5 heteroatoms. The van der Waals surface area contributed by atoms with Gasteiger partial charge in [-0.25, -0.2) is 4.68 Å². The van der Waals surface area contributed by atoms with E-state index in [2.05, 4.69) is 5.10 Å². The van der Waals surface area contributed by atoms with E-state index in [1.807, 2.05) is 37.3 Å². The van der Waals surface area contributed by atoms with Crippen LogP contribution >= 0.6 is 0 Å². The summed E-state index contributed by atoms with van der Waals surface area (Å²) in [4.78, 5) is 11.3. The minimum absolute atomic E-state index is 0.0754. The van der Waals surface area contributed by atoms with Gasteiger partial charge in [0, 0.05) is 0 Å². The van der Waals surface area contributed by atoms with E-state index in [-0.39, 0.29) is 6.04 Å². The van der Waals surface area contributed by atoms with Crippen LogP contribution in [0.3, 0.4) is 0 Å². The van der Waals surface area contributed by atoms with Crippen molar-refractivity contribution in [3.8, 4) is 11.5 Å². The van der Waals surface area contributed by atoms with Gasteiger partial charge in [0.05, 0.1) is 17.9 Å². The Bertz CT molecular complexity index is 745. The molecule has 1 aromatic carbocycles. The third-order valence-corrected chi connectivity index (χ3v) is 3.51. The number of anilines is 1. The highest BCUT2D eigenvalue weighted by Gasteiger charge is 2.21. The zero-order valence-corrected chi connectivity index (χ0v) is 11.6. The molecule has 5 nitrogen and oxygen atoms in total. The molecule has 1 atom stereocenters. The van der Waals surface area contributed by atoms with Crippen LogP contribution in [0.15, 0.2) is 53.1 Å². The van der Waals surface area contributed by atoms with Crippen LogP contribution < -0.4 is 5.73 Å². The van der Waals surface area contributed by atoms with Gasteiger partial charge in [-0.15, -0.1) is 0 Å². The summed E-state index contributed by atoms with van der Waals surface area (Å²) in [6, 6.07) is 13.3. The summed E-state index contributed by atoms with van der Waals surface area (Å²) in [7, 11) is 0. The molecule has 0 saturated carbocycles. The zero-order chi connectivity index (χ0) is 14.8. The number of hydrogen-bond donors (Lipinski definition) is 1. The molecule has 0 amide bonds. The second-order valence-electron chi connectivity index (χ2n) is 4.77. The Labute approximate surface area is 122 Å². The predicted octanol–water partition coefficient (Wildman–Crippen LogP) is 3.15. The van der Waals surface area contributed by atoms with Gasteiger partial charge in [-0.2, -0.15) is 5.10 Å². The van der Waals surface area contributed by atoms with E-state index in [1.54, 1.807) is 23.1 Å². The molecule has 0 saturated heterocycles. The van der Waals surface area contributed by atoms with E-state index in [1.165, 1.54) is 0 Å². The van der Waals surface area contributed by atoms with Gasteiger partial charge in [-0.05, 0) is 24.6 Å². The van der Waals surface area contributed by atoms with E-state index >= 15 is 0 Å². The maximum Gasteiger partial charge on any atom is 0.156 e. The van der Waals surface area contributed by atoms with E-state index in [0.717, 1.165) is 5.56 Å². The van der Waals surface area contributed by atoms with Crippen LogP contribution in [-0.4, -0.2) is 16.1 Å².